The molecule has 0 bridgehead atoms. The van der Waals surface area contributed by atoms with E-state index in [0.29, 0.717) is 35.5 Å². The van der Waals surface area contributed by atoms with E-state index in [4.69, 9.17) is 33.8 Å². The molecule has 11 nitrogen and oxygen atoms in total. The molecule has 4 aromatic carbocycles. The van der Waals surface area contributed by atoms with Gasteiger partial charge in [-0.15, -0.1) is 0 Å². The first-order chi connectivity index (χ1) is 26.6. The lowest BCUT2D eigenvalue weighted by atomic mass is 9.96. The van der Waals surface area contributed by atoms with Crippen LogP contribution >= 0.6 is 0 Å². The average molecular weight is 727 g/mol. The summed E-state index contributed by atoms with van der Waals surface area (Å²) in [6, 6.07) is 28.8. The van der Waals surface area contributed by atoms with Gasteiger partial charge in [0.1, 0.15) is 16.9 Å². The quantitative estimate of drug-likeness (QED) is 0.153. The van der Waals surface area contributed by atoms with Gasteiger partial charge in [0.25, 0.3) is 0 Å². The molecular weight excluding hydrogens is 681 g/mol. The zero-order valence-corrected chi connectivity index (χ0v) is 30.4. The fraction of sp³-hybridized carbons (Fsp3) is 0.372. The molecule has 3 aliphatic heterocycles. The van der Waals surface area contributed by atoms with Gasteiger partial charge in [0.2, 0.25) is 11.8 Å². The lowest BCUT2D eigenvalue weighted by Crippen LogP contribution is -2.28. The molecule has 10 rings (SSSR count). The summed E-state index contributed by atoms with van der Waals surface area (Å²) in [6.07, 6.45) is 7.33. The number of anilines is 2. The Balaban J connectivity index is 0.000000149. The van der Waals surface area contributed by atoms with E-state index in [9.17, 15) is 0 Å². The fourth-order valence-electron chi connectivity index (χ4n) is 7.87. The number of nitrogens with one attached hydrogen (secondary N) is 1. The predicted molar refractivity (Wildman–Crippen MR) is 210 cm³/mol. The van der Waals surface area contributed by atoms with Crippen LogP contribution in [0.25, 0.3) is 56.1 Å². The topological polar surface area (TPSA) is 136 Å². The van der Waals surface area contributed by atoms with Gasteiger partial charge in [-0.05, 0) is 105 Å². The largest absolute Gasteiger partial charge is 0.436 e. The van der Waals surface area contributed by atoms with Crippen LogP contribution < -0.4 is 11.1 Å². The Kier molecular flexibility index (Phi) is 9.99. The summed E-state index contributed by atoms with van der Waals surface area (Å²) >= 11 is 0. The summed E-state index contributed by atoms with van der Waals surface area (Å²) in [7, 11) is 0. The minimum atomic E-state index is 0.418. The molecule has 0 spiro atoms. The van der Waals surface area contributed by atoms with Crippen molar-refractivity contribution in [3.05, 3.63) is 90.8 Å². The van der Waals surface area contributed by atoms with Crippen molar-refractivity contribution in [2.24, 2.45) is 5.92 Å². The van der Waals surface area contributed by atoms with E-state index in [1.165, 1.54) is 11.3 Å². The summed E-state index contributed by atoms with van der Waals surface area (Å²) in [6.45, 7) is 4.98. The highest BCUT2D eigenvalue weighted by Gasteiger charge is 2.25. The van der Waals surface area contributed by atoms with Gasteiger partial charge in [0, 0.05) is 69.3 Å². The zero-order valence-electron chi connectivity index (χ0n) is 30.4. The average Bonchev–Trinajstić information content (AvgIpc) is 3.95. The number of oxazole rings is 2. The van der Waals surface area contributed by atoms with Crippen LogP contribution in [0.1, 0.15) is 50.4 Å². The standard InChI is InChI=1S/C25H27N3O3.C18H19N3O2/c1-2-4-23-20(3-1)27-25(31-23)18-5-6-22-21(16-18)26-24(15-17-7-11-29-12-8-17)28(22)19-9-13-30-14-10-19;19-14-11-12(18-21-16-3-1-2-4-17(16)23-18)5-6-15(14)20-13-7-9-22-10-8-13/h1-6,16-17,19H,7-15H2;1-6,11,13,20H,7-10,19H2. The maximum atomic E-state index is 6.21. The molecular formula is C43H46N6O5. The first-order valence-corrected chi connectivity index (χ1v) is 19.3. The third kappa shape index (κ3) is 7.44. The Morgan fingerprint density at radius 1 is 0.611 bits per heavy atom. The van der Waals surface area contributed by atoms with Gasteiger partial charge >= 0.3 is 0 Å². The molecule has 0 radical (unpaired) electrons. The van der Waals surface area contributed by atoms with E-state index in [-0.39, 0.29) is 0 Å². The number of ether oxygens (including phenoxy) is 3. The maximum absolute atomic E-state index is 6.21. The Labute approximate surface area is 313 Å². The molecule has 0 unspecified atom stereocenters. The molecule has 0 saturated carbocycles. The van der Waals surface area contributed by atoms with Gasteiger partial charge in [-0.25, -0.2) is 15.0 Å². The number of aromatic nitrogens is 4. The third-order valence-electron chi connectivity index (χ3n) is 10.8. The van der Waals surface area contributed by atoms with Gasteiger partial charge < -0.3 is 38.7 Å². The molecule has 6 heterocycles. The van der Waals surface area contributed by atoms with E-state index in [0.717, 1.165) is 129 Å². The summed E-state index contributed by atoms with van der Waals surface area (Å²) in [5.41, 5.74) is 15.3. The number of hydrogen-bond acceptors (Lipinski definition) is 10. The van der Waals surface area contributed by atoms with Crippen LogP contribution in [-0.4, -0.2) is 65.2 Å². The highest BCUT2D eigenvalue weighted by Crippen LogP contribution is 2.34. The van der Waals surface area contributed by atoms with Gasteiger partial charge in [-0.2, -0.15) is 0 Å². The zero-order chi connectivity index (χ0) is 36.3. The van der Waals surface area contributed by atoms with Crippen LogP contribution in [0.3, 0.4) is 0 Å². The van der Waals surface area contributed by atoms with E-state index in [2.05, 4.69) is 38.1 Å². The van der Waals surface area contributed by atoms with Crippen LogP contribution in [0.15, 0.2) is 93.8 Å². The molecule has 11 heteroatoms. The van der Waals surface area contributed by atoms with E-state index in [1.807, 2.05) is 66.7 Å². The number of fused-ring (bicyclic) bond motifs is 3. The maximum Gasteiger partial charge on any atom is 0.227 e. The lowest BCUT2D eigenvalue weighted by Gasteiger charge is -2.27. The molecule has 54 heavy (non-hydrogen) atoms. The highest BCUT2D eigenvalue weighted by atomic mass is 16.5. The summed E-state index contributed by atoms with van der Waals surface area (Å²) in [5, 5.41) is 3.50. The number of benzene rings is 4. The Morgan fingerprint density at radius 3 is 1.81 bits per heavy atom. The van der Waals surface area contributed by atoms with Crippen LogP contribution in [0.5, 0.6) is 0 Å². The van der Waals surface area contributed by atoms with Crippen molar-refractivity contribution in [1.82, 2.24) is 19.5 Å². The van der Waals surface area contributed by atoms with Crippen LogP contribution in [-0.2, 0) is 20.6 Å². The van der Waals surface area contributed by atoms with Crippen LogP contribution in [0.2, 0.25) is 0 Å². The predicted octanol–water partition coefficient (Wildman–Crippen LogP) is 8.83. The summed E-state index contributed by atoms with van der Waals surface area (Å²) in [4.78, 5) is 14.3. The summed E-state index contributed by atoms with van der Waals surface area (Å²) in [5.74, 6) is 3.08. The minimum absolute atomic E-state index is 0.418. The second-order valence-electron chi connectivity index (χ2n) is 14.5. The molecule has 278 valence electrons. The number of nitrogens with two attached hydrogens (primary N) is 1. The van der Waals surface area contributed by atoms with E-state index in [1.54, 1.807) is 0 Å². The first-order valence-electron chi connectivity index (χ1n) is 19.3. The normalized spacial score (nSPS) is 17.6. The number of hydrogen-bond donors (Lipinski definition) is 2. The monoisotopic (exact) mass is 726 g/mol. The summed E-state index contributed by atoms with van der Waals surface area (Å²) < 4.78 is 30.9. The van der Waals surface area contributed by atoms with Crippen molar-refractivity contribution in [1.29, 1.82) is 0 Å². The molecule has 3 N–H and O–H groups in total. The second kappa shape index (κ2) is 15.6. The Hall–Kier alpha value is -5.23. The van der Waals surface area contributed by atoms with Crippen LogP contribution in [0.4, 0.5) is 11.4 Å². The van der Waals surface area contributed by atoms with Crippen molar-refractivity contribution >= 4 is 44.6 Å². The number of rotatable bonds is 7. The van der Waals surface area contributed by atoms with Gasteiger partial charge in [-0.1, -0.05) is 24.3 Å². The smallest absolute Gasteiger partial charge is 0.227 e. The van der Waals surface area contributed by atoms with Gasteiger partial charge in [-0.3, -0.25) is 0 Å². The molecule has 3 saturated heterocycles. The molecule has 3 aliphatic rings. The highest BCUT2D eigenvalue weighted by molar-refractivity contribution is 5.83. The number of nitrogen functional groups attached to an aromatic ring is 1. The van der Waals surface area contributed by atoms with Crippen molar-refractivity contribution in [2.75, 3.05) is 50.7 Å². The number of nitrogens with zero attached hydrogens (tertiary/aromatic N) is 4. The van der Waals surface area contributed by atoms with Gasteiger partial charge in [0.15, 0.2) is 11.2 Å². The molecule has 7 aromatic rings. The molecule has 3 aromatic heterocycles. The lowest BCUT2D eigenvalue weighted by molar-refractivity contribution is 0.0623. The van der Waals surface area contributed by atoms with Crippen molar-refractivity contribution in [3.63, 3.8) is 0 Å². The van der Waals surface area contributed by atoms with Gasteiger partial charge in [0.05, 0.1) is 22.4 Å². The molecule has 0 atom stereocenters. The van der Waals surface area contributed by atoms with E-state index >= 15 is 0 Å². The Morgan fingerprint density at radius 2 is 1.19 bits per heavy atom. The number of imidazole rings is 1. The number of para-hydroxylation sites is 4. The van der Waals surface area contributed by atoms with Crippen LogP contribution in [0, 0.1) is 5.92 Å². The van der Waals surface area contributed by atoms with Crippen molar-refractivity contribution in [3.8, 4) is 22.9 Å². The second-order valence-corrected chi connectivity index (χ2v) is 14.5. The molecule has 0 aliphatic carbocycles. The van der Waals surface area contributed by atoms with E-state index < -0.39 is 0 Å². The minimum Gasteiger partial charge on any atom is -0.436 e. The Bertz CT molecular complexity index is 2280. The molecule has 0 amide bonds. The SMILES string of the molecule is Nc1cc(-c2nc3ccccc3o2)ccc1NC1CCOCC1.c1ccc2oc(-c3ccc4c(c3)nc(CC3CCOCC3)n4C3CCOCC3)nc2c1. The fourth-order valence-corrected chi connectivity index (χ4v) is 7.87. The van der Waals surface area contributed by atoms with Crippen molar-refractivity contribution in [2.45, 2.75) is 57.0 Å². The third-order valence-corrected chi connectivity index (χ3v) is 10.8. The molecule has 3 fully saturated rings. The van der Waals surface area contributed by atoms with Crippen molar-refractivity contribution < 1.29 is 23.0 Å². The first kappa shape index (κ1) is 34.5.